The molecule has 0 saturated heterocycles. The molecular formula is C22H28F4N2O. The fourth-order valence-electron chi connectivity index (χ4n) is 3.46. The molecule has 0 aromatic heterocycles. The molecule has 160 valence electrons. The quantitative estimate of drug-likeness (QED) is 0.327. The highest BCUT2D eigenvalue weighted by atomic mass is 19.4. The van der Waals surface area contributed by atoms with Gasteiger partial charge in [0, 0.05) is 22.9 Å². The Labute approximate surface area is 169 Å². The highest BCUT2D eigenvalue weighted by Crippen LogP contribution is 2.37. The van der Waals surface area contributed by atoms with Gasteiger partial charge in [-0.25, -0.2) is 4.39 Å². The van der Waals surface area contributed by atoms with E-state index in [1.807, 2.05) is 13.8 Å². The maximum absolute atomic E-state index is 12.6. The molecule has 1 atom stereocenters. The summed E-state index contributed by atoms with van der Waals surface area (Å²) in [6.07, 6.45) is -2.41. The van der Waals surface area contributed by atoms with Crippen LogP contribution >= 0.6 is 0 Å². The third-order valence-electron chi connectivity index (χ3n) is 5.38. The lowest BCUT2D eigenvalue weighted by molar-refractivity contribution is -0.137. The maximum atomic E-state index is 12.6. The Hall–Kier alpha value is -2.41. The molecule has 0 bridgehead atoms. The number of hydrogen-bond donors (Lipinski definition) is 3. The van der Waals surface area contributed by atoms with Crippen molar-refractivity contribution in [3.8, 4) is 0 Å². The second-order valence-corrected chi connectivity index (χ2v) is 6.98. The second kappa shape index (κ2) is 9.87. The van der Waals surface area contributed by atoms with Crippen molar-refractivity contribution in [3.05, 3.63) is 64.5 Å². The minimum Gasteiger partial charge on any atom is -0.398 e. The van der Waals surface area contributed by atoms with Crippen LogP contribution in [0.3, 0.4) is 0 Å². The summed E-state index contributed by atoms with van der Waals surface area (Å²) in [5.41, 5.74) is 6.68. The van der Waals surface area contributed by atoms with Crippen LogP contribution in [0.25, 0.3) is 0 Å². The minimum absolute atomic E-state index is 0.317. The summed E-state index contributed by atoms with van der Waals surface area (Å²) in [5, 5.41) is 16.9. The third-order valence-corrected chi connectivity index (χ3v) is 5.38. The van der Waals surface area contributed by atoms with E-state index < -0.39 is 23.3 Å². The van der Waals surface area contributed by atoms with E-state index in [1.165, 1.54) is 24.3 Å². The molecule has 2 aromatic carbocycles. The van der Waals surface area contributed by atoms with Gasteiger partial charge in [0.2, 0.25) is 0 Å². The van der Waals surface area contributed by atoms with Crippen molar-refractivity contribution in [3.63, 3.8) is 0 Å². The molecule has 29 heavy (non-hydrogen) atoms. The van der Waals surface area contributed by atoms with Gasteiger partial charge in [0.05, 0.1) is 11.7 Å². The number of nitrogen functional groups attached to an aromatic ring is 1. The summed E-state index contributed by atoms with van der Waals surface area (Å²) in [6.45, 7) is 7.28. The molecule has 0 aliphatic rings. The number of aryl methyl sites for hydroxylation is 1. The molecule has 1 unspecified atom stereocenters. The van der Waals surface area contributed by atoms with Crippen LogP contribution < -0.4 is 5.73 Å². The summed E-state index contributed by atoms with van der Waals surface area (Å²) in [7, 11) is 0. The Morgan fingerprint density at radius 1 is 1.07 bits per heavy atom. The zero-order chi connectivity index (χ0) is 22.4. The van der Waals surface area contributed by atoms with Crippen LogP contribution in [0, 0.1) is 18.2 Å². The summed E-state index contributed by atoms with van der Waals surface area (Å²) < 4.78 is 50.1. The number of hydrogen-bond acceptors (Lipinski definition) is 3. The number of alkyl halides is 3. The predicted molar refractivity (Wildman–Crippen MR) is 109 cm³/mol. The number of aliphatic hydroxyl groups excluding tert-OH is 1. The van der Waals surface area contributed by atoms with Crippen molar-refractivity contribution >= 4 is 11.9 Å². The van der Waals surface area contributed by atoms with Crippen LogP contribution in [-0.2, 0) is 11.6 Å². The number of nitrogens with one attached hydrogen (secondary N) is 1. The Balaban J connectivity index is 0.000000326. The Kier molecular flexibility index (Phi) is 8.38. The van der Waals surface area contributed by atoms with Crippen LogP contribution in [0.2, 0.25) is 0 Å². The molecule has 0 fully saturated rings. The van der Waals surface area contributed by atoms with Gasteiger partial charge in [0.25, 0.3) is 0 Å². The van der Waals surface area contributed by atoms with E-state index >= 15 is 0 Å². The van der Waals surface area contributed by atoms with E-state index in [4.69, 9.17) is 11.1 Å². The molecule has 0 spiro atoms. The monoisotopic (exact) mass is 412 g/mol. The Bertz CT molecular complexity index is 788. The van der Waals surface area contributed by atoms with E-state index in [0.29, 0.717) is 29.7 Å². The first kappa shape index (κ1) is 24.6. The van der Waals surface area contributed by atoms with Crippen LogP contribution in [0.1, 0.15) is 55.9 Å². The SMILES string of the molecule is CCC(CC)(c1ccc(C(F)(F)F)cc1)C(C)O.Cc1cc(F)cc(N)c1C=N. The summed E-state index contributed by atoms with van der Waals surface area (Å²) >= 11 is 0. The molecule has 0 heterocycles. The molecule has 7 heteroatoms. The van der Waals surface area contributed by atoms with E-state index in [0.717, 1.165) is 23.9 Å². The van der Waals surface area contributed by atoms with E-state index in [1.54, 1.807) is 13.8 Å². The molecule has 2 rings (SSSR count). The first-order valence-electron chi connectivity index (χ1n) is 9.34. The van der Waals surface area contributed by atoms with Gasteiger partial charge < -0.3 is 16.2 Å². The van der Waals surface area contributed by atoms with Crippen LogP contribution in [-0.4, -0.2) is 17.4 Å². The van der Waals surface area contributed by atoms with Gasteiger partial charge >= 0.3 is 6.18 Å². The first-order chi connectivity index (χ1) is 13.4. The van der Waals surface area contributed by atoms with Gasteiger partial charge in [0.15, 0.2) is 0 Å². The molecule has 0 aliphatic heterocycles. The molecular weight excluding hydrogens is 384 g/mol. The standard InChI is InChI=1S/C14H19F3O.C8H9FN2/c1-4-13(5-2,10(3)18)11-6-8-12(9-7-11)14(15,16)17;1-5-2-6(9)3-8(11)7(5)4-10/h6-10,18H,4-5H2,1-3H3;2-4,10H,11H2,1H3. The molecule has 4 N–H and O–H groups in total. The second-order valence-electron chi connectivity index (χ2n) is 6.98. The lowest BCUT2D eigenvalue weighted by Gasteiger charge is -2.35. The van der Waals surface area contributed by atoms with Gasteiger partial charge in [-0.3, -0.25) is 0 Å². The zero-order valence-corrected chi connectivity index (χ0v) is 17.1. The largest absolute Gasteiger partial charge is 0.416 e. The molecule has 0 radical (unpaired) electrons. The van der Waals surface area contributed by atoms with Gasteiger partial charge in [-0.2, -0.15) is 13.2 Å². The normalized spacial score (nSPS) is 12.7. The van der Waals surface area contributed by atoms with Crippen LogP contribution in [0.5, 0.6) is 0 Å². The highest BCUT2D eigenvalue weighted by Gasteiger charge is 2.35. The van der Waals surface area contributed by atoms with Crippen molar-refractivity contribution in [2.75, 3.05) is 5.73 Å². The maximum Gasteiger partial charge on any atom is 0.416 e. The lowest BCUT2D eigenvalue weighted by atomic mass is 9.72. The average Bonchev–Trinajstić information content (AvgIpc) is 2.63. The number of anilines is 1. The smallest absolute Gasteiger partial charge is 0.398 e. The van der Waals surface area contributed by atoms with Crippen LogP contribution in [0.15, 0.2) is 36.4 Å². The minimum atomic E-state index is -4.32. The summed E-state index contributed by atoms with van der Waals surface area (Å²) in [4.78, 5) is 0. The molecule has 0 aliphatic carbocycles. The number of benzene rings is 2. The average molecular weight is 412 g/mol. The third kappa shape index (κ3) is 5.79. The summed E-state index contributed by atoms with van der Waals surface area (Å²) in [5.74, 6) is -0.356. The van der Waals surface area contributed by atoms with Crippen molar-refractivity contribution in [1.82, 2.24) is 0 Å². The number of aliphatic hydroxyl groups is 1. The van der Waals surface area contributed by atoms with Crippen molar-refractivity contribution in [2.24, 2.45) is 0 Å². The highest BCUT2D eigenvalue weighted by molar-refractivity contribution is 5.86. The fourth-order valence-corrected chi connectivity index (χ4v) is 3.46. The molecule has 0 saturated carbocycles. The fraction of sp³-hybridized carbons (Fsp3) is 0.409. The predicted octanol–water partition coefficient (Wildman–Crippen LogP) is 5.86. The van der Waals surface area contributed by atoms with Gasteiger partial charge in [-0.05, 0) is 62.1 Å². The molecule has 3 nitrogen and oxygen atoms in total. The number of nitrogens with two attached hydrogens (primary N) is 1. The summed E-state index contributed by atoms with van der Waals surface area (Å²) in [6, 6.07) is 7.69. The van der Waals surface area contributed by atoms with E-state index in [-0.39, 0.29) is 5.82 Å². The Morgan fingerprint density at radius 3 is 1.90 bits per heavy atom. The molecule has 2 aromatic rings. The first-order valence-corrected chi connectivity index (χ1v) is 9.34. The van der Waals surface area contributed by atoms with Crippen molar-refractivity contribution in [2.45, 2.75) is 58.2 Å². The lowest BCUT2D eigenvalue weighted by Crippen LogP contribution is -2.36. The molecule has 0 amide bonds. The van der Waals surface area contributed by atoms with Gasteiger partial charge in [-0.1, -0.05) is 26.0 Å². The van der Waals surface area contributed by atoms with Crippen molar-refractivity contribution in [1.29, 1.82) is 5.41 Å². The van der Waals surface area contributed by atoms with Gasteiger partial charge in [0.1, 0.15) is 5.82 Å². The zero-order valence-electron chi connectivity index (χ0n) is 17.1. The topological polar surface area (TPSA) is 70.1 Å². The number of halogens is 4. The number of rotatable bonds is 5. The Morgan fingerprint density at radius 2 is 1.55 bits per heavy atom. The van der Waals surface area contributed by atoms with Crippen LogP contribution in [0.4, 0.5) is 23.2 Å². The van der Waals surface area contributed by atoms with Crippen molar-refractivity contribution < 1.29 is 22.7 Å². The van der Waals surface area contributed by atoms with E-state index in [9.17, 15) is 22.7 Å². The van der Waals surface area contributed by atoms with Gasteiger partial charge in [-0.15, -0.1) is 0 Å². The van der Waals surface area contributed by atoms with E-state index in [2.05, 4.69) is 0 Å².